The molecule has 100 valence electrons. The summed E-state index contributed by atoms with van der Waals surface area (Å²) in [5.41, 5.74) is 0.548. The molecule has 0 aliphatic heterocycles. The van der Waals surface area contributed by atoms with Crippen molar-refractivity contribution in [2.45, 2.75) is 13.0 Å². The molecule has 0 amide bonds. The molecule has 3 nitrogen and oxygen atoms in total. The Morgan fingerprint density at radius 3 is 2.89 bits per heavy atom. The van der Waals surface area contributed by atoms with Crippen LogP contribution in [0.25, 0.3) is 0 Å². The molecule has 0 fully saturated rings. The van der Waals surface area contributed by atoms with Gasteiger partial charge in [0.25, 0.3) is 0 Å². The van der Waals surface area contributed by atoms with E-state index in [1.807, 2.05) is 17.5 Å². The summed E-state index contributed by atoms with van der Waals surface area (Å²) in [6, 6.07) is 9.10. The summed E-state index contributed by atoms with van der Waals surface area (Å²) in [6.07, 6.45) is 0. The van der Waals surface area contributed by atoms with Crippen molar-refractivity contribution in [2.75, 3.05) is 11.9 Å². The minimum atomic E-state index is -0.609. The average Bonchev–Trinajstić information content (AvgIpc) is 2.90. The minimum Gasteiger partial charge on any atom is -0.464 e. The lowest BCUT2D eigenvalue weighted by Crippen LogP contribution is -2.22. The molecular formula is C14H14FNO2S. The lowest BCUT2D eigenvalue weighted by Gasteiger charge is -2.17. The van der Waals surface area contributed by atoms with E-state index in [-0.39, 0.29) is 11.8 Å². The topological polar surface area (TPSA) is 38.3 Å². The smallest absolute Gasteiger partial charge is 0.334 e. The van der Waals surface area contributed by atoms with E-state index in [2.05, 4.69) is 5.32 Å². The normalized spacial score (nSPS) is 11.9. The quantitative estimate of drug-likeness (QED) is 0.850. The molecule has 0 aliphatic rings. The first-order valence-corrected chi connectivity index (χ1v) is 6.81. The first-order chi connectivity index (χ1) is 9.20. The van der Waals surface area contributed by atoms with Crippen molar-refractivity contribution in [3.8, 4) is 0 Å². The summed E-state index contributed by atoms with van der Waals surface area (Å²) in [7, 11) is 0. The summed E-state index contributed by atoms with van der Waals surface area (Å²) in [6.45, 7) is 2.07. The van der Waals surface area contributed by atoms with E-state index in [1.165, 1.54) is 23.5 Å². The maximum absolute atomic E-state index is 13.2. The first-order valence-electron chi connectivity index (χ1n) is 5.93. The molecule has 1 heterocycles. The van der Waals surface area contributed by atoms with E-state index in [1.54, 1.807) is 19.1 Å². The number of thiophene rings is 1. The summed E-state index contributed by atoms with van der Waals surface area (Å²) >= 11 is 1.45. The third kappa shape index (κ3) is 3.54. The molecule has 1 N–H and O–H groups in total. The number of benzene rings is 1. The number of anilines is 1. The van der Waals surface area contributed by atoms with Gasteiger partial charge in [0, 0.05) is 10.6 Å². The van der Waals surface area contributed by atoms with Crippen molar-refractivity contribution >= 4 is 23.0 Å². The molecule has 19 heavy (non-hydrogen) atoms. The van der Waals surface area contributed by atoms with Gasteiger partial charge in [-0.3, -0.25) is 0 Å². The summed E-state index contributed by atoms with van der Waals surface area (Å²) in [4.78, 5) is 12.8. The van der Waals surface area contributed by atoms with E-state index < -0.39 is 6.04 Å². The van der Waals surface area contributed by atoms with Crippen molar-refractivity contribution in [3.05, 3.63) is 52.5 Å². The Balaban J connectivity index is 2.21. The van der Waals surface area contributed by atoms with Crippen LogP contribution in [0, 0.1) is 5.82 Å². The van der Waals surface area contributed by atoms with Crippen molar-refractivity contribution < 1.29 is 13.9 Å². The summed E-state index contributed by atoms with van der Waals surface area (Å²) in [5.74, 6) is -0.715. The Labute approximate surface area is 115 Å². The van der Waals surface area contributed by atoms with E-state index >= 15 is 0 Å². The SMILES string of the molecule is CCOC(=O)C(Nc1cccc(F)c1)c1cccs1. The van der Waals surface area contributed by atoms with E-state index in [0.717, 1.165) is 4.88 Å². The van der Waals surface area contributed by atoms with Gasteiger partial charge in [-0.15, -0.1) is 11.3 Å². The van der Waals surface area contributed by atoms with Crippen LogP contribution in [0.3, 0.4) is 0 Å². The Kier molecular flexibility index (Phi) is 4.52. The highest BCUT2D eigenvalue weighted by atomic mass is 32.1. The van der Waals surface area contributed by atoms with Crippen molar-refractivity contribution in [1.82, 2.24) is 0 Å². The van der Waals surface area contributed by atoms with Gasteiger partial charge in [-0.05, 0) is 36.6 Å². The number of hydrogen-bond acceptors (Lipinski definition) is 4. The van der Waals surface area contributed by atoms with Gasteiger partial charge in [0.1, 0.15) is 5.82 Å². The highest BCUT2D eigenvalue weighted by Crippen LogP contribution is 2.25. The molecule has 0 saturated heterocycles. The number of nitrogens with one attached hydrogen (secondary N) is 1. The second-order valence-corrected chi connectivity index (χ2v) is 4.83. The molecule has 2 rings (SSSR count). The number of carbonyl (C=O) groups excluding carboxylic acids is 1. The van der Waals surface area contributed by atoms with Crippen LogP contribution in [0.2, 0.25) is 0 Å². The molecule has 5 heteroatoms. The van der Waals surface area contributed by atoms with E-state index in [4.69, 9.17) is 4.74 Å². The summed E-state index contributed by atoms with van der Waals surface area (Å²) < 4.78 is 18.2. The maximum Gasteiger partial charge on any atom is 0.334 e. The molecule has 1 aromatic heterocycles. The van der Waals surface area contributed by atoms with Crippen LogP contribution < -0.4 is 5.32 Å². The van der Waals surface area contributed by atoms with Crippen LogP contribution in [0.15, 0.2) is 41.8 Å². The van der Waals surface area contributed by atoms with Gasteiger partial charge in [-0.2, -0.15) is 0 Å². The molecular weight excluding hydrogens is 265 g/mol. The van der Waals surface area contributed by atoms with Gasteiger partial charge in [-0.25, -0.2) is 9.18 Å². The molecule has 0 bridgehead atoms. The lowest BCUT2D eigenvalue weighted by molar-refractivity contribution is -0.144. The van der Waals surface area contributed by atoms with Crippen LogP contribution in [-0.2, 0) is 9.53 Å². The minimum absolute atomic E-state index is 0.311. The second-order valence-electron chi connectivity index (χ2n) is 3.86. The van der Waals surface area contributed by atoms with Gasteiger partial charge >= 0.3 is 5.97 Å². The second kappa shape index (κ2) is 6.33. The Morgan fingerprint density at radius 1 is 1.42 bits per heavy atom. The maximum atomic E-state index is 13.2. The molecule has 2 aromatic rings. The van der Waals surface area contributed by atoms with Crippen molar-refractivity contribution in [2.24, 2.45) is 0 Å². The zero-order chi connectivity index (χ0) is 13.7. The molecule has 1 aromatic carbocycles. The molecule has 0 aliphatic carbocycles. The van der Waals surface area contributed by atoms with Gasteiger partial charge in [-0.1, -0.05) is 12.1 Å². The van der Waals surface area contributed by atoms with Crippen LogP contribution in [-0.4, -0.2) is 12.6 Å². The number of rotatable bonds is 5. The van der Waals surface area contributed by atoms with E-state index in [9.17, 15) is 9.18 Å². The highest BCUT2D eigenvalue weighted by Gasteiger charge is 2.22. The van der Waals surface area contributed by atoms with Gasteiger partial charge in [0.05, 0.1) is 6.61 Å². The molecule has 1 unspecified atom stereocenters. The number of carbonyl (C=O) groups is 1. The number of ether oxygens (including phenoxy) is 1. The monoisotopic (exact) mass is 279 g/mol. The van der Waals surface area contributed by atoms with Crippen LogP contribution in [0.4, 0.5) is 10.1 Å². The lowest BCUT2D eigenvalue weighted by atomic mass is 10.2. The highest BCUT2D eigenvalue weighted by molar-refractivity contribution is 7.10. The predicted octanol–water partition coefficient (Wildman–Crippen LogP) is 3.60. The van der Waals surface area contributed by atoms with Crippen molar-refractivity contribution in [3.63, 3.8) is 0 Å². The molecule has 0 saturated carbocycles. The fourth-order valence-electron chi connectivity index (χ4n) is 1.67. The fourth-order valence-corrected chi connectivity index (χ4v) is 2.43. The first kappa shape index (κ1) is 13.5. The fraction of sp³-hybridized carbons (Fsp3) is 0.214. The zero-order valence-corrected chi connectivity index (χ0v) is 11.2. The van der Waals surface area contributed by atoms with E-state index in [0.29, 0.717) is 12.3 Å². The van der Waals surface area contributed by atoms with Crippen LogP contribution in [0.5, 0.6) is 0 Å². The van der Waals surface area contributed by atoms with Gasteiger partial charge in [0.15, 0.2) is 6.04 Å². The number of esters is 1. The Hall–Kier alpha value is -1.88. The largest absolute Gasteiger partial charge is 0.464 e. The molecule has 1 atom stereocenters. The average molecular weight is 279 g/mol. The standard InChI is InChI=1S/C14H14FNO2S/c1-2-18-14(17)13(12-7-4-8-19-12)16-11-6-3-5-10(15)9-11/h3-9,13,16H,2H2,1H3. The molecule has 0 spiro atoms. The van der Waals surface area contributed by atoms with Gasteiger partial charge in [0.2, 0.25) is 0 Å². The summed E-state index contributed by atoms with van der Waals surface area (Å²) in [5, 5.41) is 4.89. The van der Waals surface area contributed by atoms with Gasteiger partial charge < -0.3 is 10.1 Å². The third-order valence-electron chi connectivity index (χ3n) is 2.49. The Morgan fingerprint density at radius 2 is 2.26 bits per heavy atom. The van der Waals surface area contributed by atoms with Crippen LogP contribution >= 0.6 is 11.3 Å². The number of halogens is 1. The van der Waals surface area contributed by atoms with Crippen LogP contribution in [0.1, 0.15) is 17.8 Å². The number of hydrogen-bond donors (Lipinski definition) is 1. The third-order valence-corrected chi connectivity index (χ3v) is 3.42. The zero-order valence-electron chi connectivity index (χ0n) is 10.4. The van der Waals surface area contributed by atoms with Crippen molar-refractivity contribution in [1.29, 1.82) is 0 Å². The Bertz CT molecular complexity index is 542. The predicted molar refractivity (Wildman–Crippen MR) is 73.7 cm³/mol. The molecule has 0 radical (unpaired) electrons.